The van der Waals surface area contributed by atoms with Crippen LogP contribution >= 0.6 is 23.4 Å². The Kier molecular flexibility index (Phi) is 6.30. The van der Waals surface area contributed by atoms with Crippen molar-refractivity contribution in [1.29, 1.82) is 0 Å². The van der Waals surface area contributed by atoms with Crippen LogP contribution in [-0.4, -0.2) is 53.5 Å². The van der Waals surface area contributed by atoms with Gasteiger partial charge in [-0.25, -0.2) is 9.97 Å². The largest absolute Gasteiger partial charge is 0.348 e. The molecule has 2 aromatic carbocycles. The van der Waals surface area contributed by atoms with Crippen LogP contribution in [0.5, 0.6) is 0 Å². The van der Waals surface area contributed by atoms with Crippen LogP contribution in [0.25, 0.3) is 0 Å². The van der Waals surface area contributed by atoms with Crippen molar-refractivity contribution >= 4 is 35.2 Å². The Morgan fingerprint density at radius 3 is 2.62 bits per heavy atom. The van der Waals surface area contributed by atoms with Crippen molar-refractivity contribution in [2.75, 3.05) is 37.6 Å². The van der Waals surface area contributed by atoms with E-state index in [1.54, 1.807) is 24.2 Å². The SMILES string of the molecule is O=C(CN1CCN(c2ncccn2)CC1)N[C@H]1Cc2ccccc2Sc2ccc(Cl)cc21. The first-order valence-corrected chi connectivity index (χ1v) is 11.9. The molecule has 0 bridgehead atoms. The van der Waals surface area contributed by atoms with Crippen LogP contribution in [0.15, 0.2) is 70.7 Å². The normalized spacial score (nSPS) is 18.4. The topological polar surface area (TPSA) is 61.4 Å². The van der Waals surface area contributed by atoms with E-state index in [0.29, 0.717) is 11.6 Å². The number of benzene rings is 2. The number of carbonyl (C=O) groups is 1. The van der Waals surface area contributed by atoms with Crippen LogP contribution in [0.1, 0.15) is 17.2 Å². The maximum Gasteiger partial charge on any atom is 0.234 e. The molecule has 164 valence electrons. The van der Waals surface area contributed by atoms with Crippen molar-refractivity contribution in [2.24, 2.45) is 0 Å². The van der Waals surface area contributed by atoms with E-state index in [9.17, 15) is 4.79 Å². The van der Waals surface area contributed by atoms with E-state index >= 15 is 0 Å². The highest BCUT2D eigenvalue weighted by atomic mass is 35.5. The summed E-state index contributed by atoms with van der Waals surface area (Å²) in [6.45, 7) is 3.60. The van der Waals surface area contributed by atoms with E-state index in [-0.39, 0.29) is 11.9 Å². The molecule has 1 fully saturated rings. The zero-order chi connectivity index (χ0) is 21.9. The minimum atomic E-state index is -0.105. The lowest BCUT2D eigenvalue weighted by molar-refractivity contribution is -0.123. The lowest BCUT2D eigenvalue weighted by atomic mass is 9.99. The summed E-state index contributed by atoms with van der Waals surface area (Å²) < 4.78 is 0. The van der Waals surface area contributed by atoms with Gasteiger partial charge in [0.1, 0.15) is 0 Å². The molecule has 0 spiro atoms. The number of fused-ring (bicyclic) bond motifs is 2. The highest BCUT2D eigenvalue weighted by molar-refractivity contribution is 7.99. The summed E-state index contributed by atoms with van der Waals surface area (Å²) in [6, 6.07) is 16.0. The Balaban J connectivity index is 1.25. The number of nitrogens with one attached hydrogen (secondary N) is 1. The standard InChI is InChI=1S/C24H24ClN5OS/c25-18-6-7-22-19(15-18)20(14-17-4-1-2-5-21(17)32-22)28-23(31)16-29-10-12-30(13-11-29)24-26-8-3-9-27-24/h1-9,15,20H,10-14,16H2,(H,28,31)/t20-/m0/s1. The molecule has 2 aliphatic rings. The molecular weight excluding hydrogens is 442 g/mol. The number of aromatic nitrogens is 2. The molecule has 0 radical (unpaired) electrons. The zero-order valence-electron chi connectivity index (χ0n) is 17.6. The first-order valence-electron chi connectivity index (χ1n) is 10.7. The predicted molar refractivity (Wildman–Crippen MR) is 127 cm³/mol. The molecule has 32 heavy (non-hydrogen) atoms. The second-order valence-corrected chi connectivity index (χ2v) is 9.55. The van der Waals surface area contributed by atoms with Crippen LogP contribution in [0.4, 0.5) is 5.95 Å². The van der Waals surface area contributed by atoms with Crippen molar-refractivity contribution in [3.8, 4) is 0 Å². The third-order valence-corrected chi connectivity index (χ3v) is 7.32. The van der Waals surface area contributed by atoms with Crippen molar-refractivity contribution in [3.63, 3.8) is 0 Å². The summed E-state index contributed by atoms with van der Waals surface area (Å²) in [7, 11) is 0. The van der Waals surface area contributed by atoms with Crippen molar-refractivity contribution in [1.82, 2.24) is 20.2 Å². The highest BCUT2D eigenvalue weighted by Gasteiger charge is 2.26. The second kappa shape index (κ2) is 9.48. The molecule has 2 aliphatic heterocycles. The van der Waals surface area contributed by atoms with Gasteiger partial charge in [0.25, 0.3) is 0 Å². The van der Waals surface area contributed by atoms with Gasteiger partial charge in [-0.2, -0.15) is 0 Å². The molecule has 0 unspecified atom stereocenters. The van der Waals surface area contributed by atoms with E-state index in [2.05, 4.69) is 55.4 Å². The minimum Gasteiger partial charge on any atom is -0.348 e. The quantitative estimate of drug-likeness (QED) is 0.632. The van der Waals surface area contributed by atoms with Crippen molar-refractivity contribution < 1.29 is 4.79 Å². The summed E-state index contributed by atoms with van der Waals surface area (Å²) in [6.07, 6.45) is 4.27. The number of anilines is 1. The number of amides is 1. The molecule has 1 saturated heterocycles. The molecule has 3 heterocycles. The predicted octanol–water partition coefficient (Wildman–Crippen LogP) is 3.82. The fourth-order valence-corrected chi connectivity index (χ4v) is 5.54. The van der Waals surface area contributed by atoms with Gasteiger partial charge in [0.05, 0.1) is 12.6 Å². The Labute approximate surface area is 197 Å². The number of carbonyl (C=O) groups excluding carboxylic acids is 1. The van der Waals surface area contributed by atoms with E-state index in [4.69, 9.17) is 11.6 Å². The number of rotatable bonds is 4. The second-order valence-electron chi connectivity index (χ2n) is 8.03. The summed E-state index contributed by atoms with van der Waals surface area (Å²) >= 11 is 8.06. The maximum absolute atomic E-state index is 13.0. The van der Waals surface area contributed by atoms with Crippen LogP contribution in [0, 0.1) is 0 Å². The number of piperazine rings is 1. The molecule has 1 N–H and O–H groups in total. The zero-order valence-corrected chi connectivity index (χ0v) is 19.1. The summed E-state index contributed by atoms with van der Waals surface area (Å²) in [5.74, 6) is 0.787. The average Bonchev–Trinajstić information content (AvgIpc) is 2.96. The maximum atomic E-state index is 13.0. The smallest absolute Gasteiger partial charge is 0.234 e. The van der Waals surface area contributed by atoms with Gasteiger partial charge in [-0.15, -0.1) is 0 Å². The van der Waals surface area contributed by atoms with Gasteiger partial charge in [-0.3, -0.25) is 9.69 Å². The van der Waals surface area contributed by atoms with Gasteiger partial charge in [0.2, 0.25) is 11.9 Å². The van der Waals surface area contributed by atoms with E-state index < -0.39 is 0 Å². The molecule has 1 atom stereocenters. The van der Waals surface area contributed by atoms with Gasteiger partial charge < -0.3 is 10.2 Å². The van der Waals surface area contributed by atoms with Crippen LogP contribution in [0.3, 0.4) is 0 Å². The highest BCUT2D eigenvalue weighted by Crippen LogP contribution is 2.41. The fourth-order valence-electron chi connectivity index (χ4n) is 4.24. The Morgan fingerprint density at radius 1 is 1.03 bits per heavy atom. The fraction of sp³-hybridized carbons (Fsp3) is 0.292. The number of hydrogen-bond donors (Lipinski definition) is 1. The summed E-state index contributed by atoms with van der Waals surface area (Å²) in [5, 5.41) is 3.97. The first-order chi connectivity index (χ1) is 15.7. The minimum absolute atomic E-state index is 0.0368. The number of hydrogen-bond acceptors (Lipinski definition) is 6. The molecule has 6 nitrogen and oxygen atoms in total. The molecular formula is C24H24ClN5OS. The Morgan fingerprint density at radius 2 is 1.81 bits per heavy atom. The van der Waals surface area contributed by atoms with Crippen LogP contribution in [-0.2, 0) is 11.2 Å². The van der Waals surface area contributed by atoms with Crippen molar-refractivity contribution in [2.45, 2.75) is 22.3 Å². The summed E-state index contributed by atoms with van der Waals surface area (Å²) in [4.78, 5) is 28.4. The van der Waals surface area contributed by atoms with Gasteiger partial charge in [-0.1, -0.05) is 41.6 Å². The van der Waals surface area contributed by atoms with Gasteiger partial charge in [0.15, 0.2) is 0 Å². The molecule has 5 rings (SSSR count). The van der Waals surface area contributed by atoms with Gasteiger partial charge in [0, 0.05) is 53.4 Å². The summed E-state index contributed by atoms with van der Waals surface area (Å²) in [5.41, 5.74) is 2.32. The molecule has 1 aromatic heterocycles. The average molecular weight is 466 g/mol. The molecule has 8 heteroatoms. The Bertz CT molecular complexity index is 1100. The number of nitrogens with zero attached hydrogens (tertiary/aromatic N) is 4. The van der Waals surface area contributed by atoms with E-state index in [1.165, 1.54) is 10.5 Å². The molecule has 1 amide bonds. The third kappa shape index (κ3) is 4.75. The lowest BCUT2D eigenvalue weighted by Gasteiger charge is -2.34. The van der Waals surface area contributed by atoms with Crippen LogP contribution < -0.4 is 10.2 Å². The van der Waals surface area contributed by atoms with Gasteiger partial charge in [-0.05, 0) is 47.9 Å². The molecule has 0 saturated carbocycles. The van der Waals surface area contributed by atoms with Gasteiger partial charge >= 0.3 is 0 Å². The first kappa shape index (κ1) is 21.2. The lowest BCUT2D eigenvalue weighted by Crippen LogP contribution is -2.50. The molecule has 3 aromatic rings. The van der Waals surface area contributed by atoms with Crippen molar-refractivity contribution in [3.05, 3.63) is 77.1 Å². The number of halogens is 1. The van der Waals surface area contributed by atoms with E-state index in [0.717, 1.165) is 49.0 Å². The monoisotopic (exact) mass is 465 g/mol. The molecule has 0 aliphatic carbocycles. The van der Waals surface area contributed by atoms with Crippen LogP contribution in [0.2, 0.25) is 5.02 Å². The third-order valence-electron chi connectivity index (χ3n) is 5.87. The Hall–Kier alpha value is -2.61. The van der Waals surface area contributed by atoms with E-state index in [1.807, 2.05) is 18.2 Å².